The maximum Gasteiger partial charge on any atom is 0.315 e. The lowest BCUT2D eigenvalue weighted by atomic mass is 10.0. The van der Waals surface area contributed by atoms with Crippen molar-refractivity contribution in [3.8, 4) is 0 Å². The van der Waals surface area contributed by atoms with Crippen LogP contribution < -0.4 is 10.6 Å². The standard InChI is InChI=1S/C13H21N3O4/c1-6(12(17)18)7(2)14-13(19)15-8(3)11-9(4)16-20-10(11)5/h6-8H,1-5H3,(H,17,18)(H2,14,15,19). The fourth-order valence-corrected chi connectivity index (χ4v) is 1.96. The SMILES string of the molecule is Cc1noc(C)c1C(C)NC(=O)NC(C)C(C)C(=O)O. The van der Waals surface area contributed by atoms with Gasteiger partial charge in [0.1, 0.15) is 5.76 Å². The third-order valence-electron chi connectivity index (χ3n) is 3.37. The minimum absolute atomic E-state index is 0.270. The van der Waals surface area contributed by atoms with E-state index in [0.717, 1.165) is 11.3 Å². The second kappa shape index (κ2) is 6.40. The Morgan fingerprint density at radius 3 is 2.25 bits per heavy atom. The number of aliphatic carboxylic acids is 1. The van der Waals surface area contributed by atoms with E-state index in [9.17, 15) is 9.59 Å². The zero-order valence-corrected chi connectivity index (χ0v) is 12.4. The highest BCUT2D eigenvalue weighted by Crippen LogP contribution is 2.20. The van der Waals surface area contributed by atoms with Gasteiger partial charge in [0.25, 0.3) is 0 Å². The molecule has 0 saturated heterocycles. The summed E-state index contributed by atoms with van der Waals surface area (Å²) in [5.41, 5.74) is 1.56. The van der Waals surface area contributed by atoms with Crippen molar-refractivity contribution in [1.29, 1.82) is 0 Å². The number of carbonyl (C=O) groups is 2. The number of carbonyl (C=O) groups excluding carboxylic acids is 1. The van der Waals surface area contributed by atoms with E-state index in [-0.39, 0.29) is 6.04 Å². The van der Waals surface area contributed by atoms with Crippen molar-refractivity contribution >= 4 is 12.0 Å². The van der Waals surface area contributed by atoms with Gasteiger partial charge in [-0.25, -0.2) is 4.79 Å². The van der Waals surface area contributed by atoms with Gasteiger partial charge in [0.05, 0.1) is 17.7 Å². The molecule has 1 rings (SSSR count). The molecule has 0 aliphatic carbocycles. The van der Waals surface area contributed by atoms with E-state index < -0.39 is 24.0 Å². The molecule has 7 nitrogen and oxygen atoms in total. The van der Waals surface area contributed by atoms with E-state index in [1.165, 1.54) is 0 Å². The Hall–Kier alpha value is -2.05. The summed E-state index contributed by atoms with van der Waals surface area (Å²) in [4.78, 5) is 22.7. The molecule has 3 atom stereocenters. The Balaban J connectivity index is 2.61. The van der Waals surface area contributed by atoms with E-state index in [1.807, 2.05) is 6.92 Å². The minimum Gasteiger partial charge on any atom is -0.481 e. The average Bonchev–Trinajstić information content (AvgIpc) is 2.67. The topological polar surface area (TPSA) is 104 Å². The van der Waals surface area contributed by atoms with Gasteiger partial charge in [0.2, 0.25) is 0 Å². The number of urea groups is 1. The molecule has 20 heavy (non-hydrogen) atoms. The Morgan fingerprint density at radius 2 is 1.80 bits per heavy atom. The Morgan fingerprint density at radius 1 is 1.20 bits per heavy atom. The minimum atomic E-state index is -0.948. The monoisotopic (exact) mass is 283 g/mol. The van der Waals surface area contributed by atoms with E-state index in [4.69, 9.17) is 9.63 Å². The average molecular weight is 283 g/mol. The molecule has 0 radical (unpaired) electrons. The third-order valence-corrected chi connectivity index (χ3v) is 3.37. The van der Waals surface area contributed by atoms with Crippen molar-refractivity contribution in [2.75, 3.05) is 0 Å². The van der Waals surface area contributed by atoms with Crippen molar-refractivity contribution in [1.82, 2.24) is 15.8 Å². The van der Waals surface area contributed by atoms with Crippen LogP contribution in [0.5, 0.6) is 0 Å². The van der Waals surface area contributed by atoms with Gasteiger partial charge in [-0.3, -0.25) is 4.79 Å². The Labute approximate surface area is 117 Å². The van der Waals surface area contributed by atoms with Crippen LogP contribution in [0.2, 0.25) is 0 Å². The highest BCUT2D eigenvalue weighted by atomic mass is 16.5. The number of carboxylic acids is 1. The number of carboxylic acid groups (broad SMARTS) is 1. The quantitative estimate of drug-likeness (QED) is 0.763. The first-order valence-corrected chi connectivity index (χ1v) is 6.46. The van der Waals surface area contributed by atoms with Crippen LogP contribution >= 0.6 is 0 Å². The summed E-state index contributed by atoms with van der Waals surface area (Å²) in [5, 5.41) is 18.1. The van der Waals surface area contributed by atoms with Crippen LogP contribution in [-0.2, 0) is 4.79 Å². The van der Waals surface area contributed by atoms with E-state index >= 15 is 0 Å². The molecule has 1 aromatic heterocycles. The molecule has 3 unspecified atom stereocenters. The molecule has 1 heterocycles. The fraction of sp³-hybridized carbons (Fsp3) is 0.615. The van der Waals surface area contributed by atoms with Gasteiger partial charge >= 0.3 is 12.0 Å². The number of aryl methyl sites for hydroxylation is 2. The molecule has 0 bridgehead atoms. The zero-order valence-electron chi connectivity index (χ0n) is 12.4. The summed E-state index contributed by atoms with van der Waals surface area (Å²) < 4.78 is 5.05. The lowest BCUT2D eigenvalue weighted by molar-refractivity contribution is -0.141. The molecular weight excluding hydrogens is 262 g/mol. The Kier molecular flexibility index (Phi) is 5.12. The Bertz CT molecular complexity index is 478. The predicted octanol–water partition coefficient (Wildman–Crippen LogP) is 1.76. The highest BCUT2D eigenvalue weighted by molar-refractivity contribution is 5.76. The molecule has 112 valence electrons. The fourth-order valence-electron chi connectivity index (χ4n) is 1.96. The van der Waals surface area contributed by atoms with E-state index in [0.29, 0.717) is 5.76 Å². The van der Waals surface area contributed by atoms with Crippen molar-refractivity contribution in [3.63, 3.8) is 0 Å². The lowest BCUT2D eigenvalue weighted by Gasteiger charge is -2.20. The van der Waals surface area contributed by atoms with Gasteiger partial charge < -0.3 is 20.3 Å². The number of hydrogen-bond acceptors (Lipinski definition) is 4. The summed E-state index contributed by atoms with van der Waals surface area (Å²) in [6, 6.07) is -1.16. The molecule has 0 spiro atoms. The van der Waals surface area contributed by atoms with Gasteiger partial charge in [-0.05, 0) is 34.6 Å². The van der Waals surface area contributed by atoms with E-state index in [1.54, 1.807) is 27.7 Å². The van der Waals surface area contributed by atoms with Gasteiger partial charge in [-0.15, -0.1) is 0 Å². The van der Waals surface area contributed by atoms with Crippen LogP contribution in [0, 0.1) is 19.8 Å². The van der Waals surface area contributed by atoms with Crippen LogP contribution in [0.4, 0.5) is 4.79 Å². The number of nitrogens with zero attached hydrogens (tertiary/aromatic N) is 1. The van der Waals surface area contributed by atoms with Gasteiger partial charge in [-0.1, -0.05) is 5.16 Å². The maximum atomic E-state index is 11.8. The molecule has 2 amide bonds. The van der Waals surface area contributed by atoms with Gasteiger partial charge in [0, 0.05) is 11.6 Å². The molecular formula is C13H21N3O4. The van der Waals surface area contributed by atoms with Crippen molar-refractivity contribution < 1.29 is 19.2 Å². The van der Waals surface area contributed by atoms with Crippen LogP contribution in [0.25, 0.3) is 0 Å². The normalized spacial score (nSPS) is 15.2. The molecule has 0 fully saturated rings. The van der Waals surface area contributed by atoms with Crippen LogP contribution in [0.3, 0.4) is 0 Å². The summed E-state index contributed by atoms with van der Waals surface area (Å²) in [5.74, 6) is -0.950. The third kappa shape index (κ3) is 3.72. The predicted molar refractivity (Wildman–Crippen MR) is 72.3 cm³/mol. The van der Waals surface area contributed by atoms with E-state index in [2.05, 4.69) is 15.8 Å². The first-order valence-electron chi connectivity index (χ1n) is 6.46. The van der Waals surface area contributed by atoms with Crippen LogP contribution in [0.15, 0.2) is 4.52 Å². The number of rotatable bonds is 5. The van der Waals surface area contributed by atoms with Gasteiger partial charge in [-0.2, -0.15) is 0 Å². The second-order valence-electron chi connectivity index (χ2n) is 4.99. The second-order valence-corrected chi connectivity index (χ2v) is 4.99. The van der Waals surface area contributed by atoms with Gasteiger partial charge in [0.15, 0.2) is 0 Å². The highest BCUT2D eigenvalue weighted by Gasteiger charge is 2.23. The zero-order chi connectivity index (χ0) is 15.4. The summed E-state index contributed by atoms with van der Waals surface area (Å²) in [6.07, 6.45) is 0. The molecule has 0 aliphatic heterocycles. The summed E-state index contributed by atoms with van der Waals surface area (Å²) in [6.45, 7) is 8.60. The summed E-state index contributed by atoms with van der Waals surface area (Å²) >= 11 is 0. The lowest BCUT2D eigenvalue weighted by Crippen LogP contribution is -2.45. The van der Waals surface area contributed by atoms with Crippen molar-refractivity contribution in [3.05, 3.63) is 17.0 Å². The van der Waals surface area contributed by atoms with Crippen molar-refractivity contribution in [2.45, 2.75) is 46.7 Å². The molecule has 3 N–H and O–H groups in total. The largest absolute Gasteiger partial charge is 0.481 e. The molecule has 0 saturated carbocycles. The molecule has 0 aromatic carbocycles. The molecule has 1 aromatic rings. The molecule has 7 heteroatoms. The number of aromatic nitrogens is 1. The van der Waals surface area contributed by atoms with Crippen LogP contribution in [0.1, 0.15) is 43.8 Å². The maximum absolute atomic E-state index is 11.8. The number of nitrogens with one attached hydrogen (secondary N) is 2. The first kappa shape index (κ1) is 16.0. The van der Waals surface area contributed by atoms with Crippen LogP contribution in [-0.4, -0.2) is 28.3 Å². The smallest absolute Gasteiger partial charge is 0.315 e. The summed E-state index contributed by atoms with van der Waals surface area (Å²) in [7, 11) is 0. The first-order chi connectivity index (χ1) is 9.23. The molecule has 0 aliphatic rings. The van der Waals surface area contributed by atoms with Crippen molar-refractivity contribution in [2.24, 2.45) is 5.92 Å². The number of hydrogen-bond donors (Lipinski definition) is 3. The number of amides is 2.